The standard InChI is InChI=1S/C18H22N4O4/c1-3-14-11(2)16(21-20-14)17(23)19-13-6-4-12(5-7-13)15-10-22(18(24)25)8-9-26-15/h4-7,15H,3,8-10H2,1-2H3,(H,19,23)(H,20,21)(H,24,25). The lowest BCUT2D eigenvalue weighted by Gasteiger charge is -2.31. The van der Waals surface area contributed by atoms with Crippen LogP contribution in [0.15, 0.2) is 24.3 Å². The number of carbonyl (C=O) groups is 2. The lowest BCUT2D eigenvalue weighted by molar-refractivity contribution is -0.0231. The van der Waals surface area contributed by atoms with Crippen molar-refractivity contribution in [2.45, 2.75) is 26.4 Å². The van der Waals surface area contributed by atoms with Crippen molar-refractivity contribution in [3.63, 3.8) is 0 Å². The summed E-state index contributed by atoms with van der Waals surface area (Å²) in [5.41, 5.74) is 3.70. The Morgan fingerprint density at radius 3 is 2.73 bits per heavy atom. The Balaban J connectivity index is 1.66. The molecule has 1 aliphatic heterocycles. The normalized spacial score (nSPS) is 17.2. The molecule has 3 N–H and O–H groups in total. The molecule has 1 aromatic heterocycles. The van der Waals surface area contributed by atoms with Crippen LogP contribution >= 0.6 is 0 Å². The number of aromatic nitrogens is 2. The summed E-state index contributed by atoms with van der Waals surface area (Å²) in [6, 6.07) is 7.22. The molecule has 8 nitrogen and oxygen atoms in total. The molecular weight excluding hydrogens is 336 g/mol. The van der Waals surface area contributed by atoms with Gasteiger partial charge < -0.3 is 20.1 Å². The van der Waals surface area contributed by atoms with Crippen molar-refractivity contribution in [1.29, 1.82) is 0 Å². The van der Waals surface area contributed by atoms with Crippen LogP contribution in [0.5, 0.6) is 0 Å². The maximum Gasteiger partial charge on any atom is 0.407 e. The Hall–Kier alpha value is -2.87. The number of amides is 2. The van der Waals surface area contributed by atoms with Crippen LogP contribution in [0.4, 0.5) is 10.5 Å². The summed E-state index contributed by atoms with van der Waals surface area (Å²) >= 11 is 0. The minimum Gasteiger partial charge on any atom is -0.465 e. The van der Waals surface area contributed by atoms with Crippen molar-refractivity contribution >= 4 is 17.7 Å². The van der Waals surface area contributed by atoms with Crippen LogP contribution in [-0.2, 0) is 11.2 Å². The topological polar surface area (TPSA) is 108 Å². The molecule has 3 rings (SSSR count). The van der Waals surface area contributed by atoms with E-state index in [1.54, 1.807) is 12.1 Å². The number of carbonyl (C=O) groups excluding carboxylic acids is 1. The molecule has 0 saturated carbocycles. The van der Waals surface area contributed by atoms with Gasteiger partial charge in [0.15, 0.2) is 5.69 Å². The SMILES string of the molecule is CCc1[nH]nc(C(=O)Nc2ccc(C3CN(C(=O)O)CCO3)cc2)c1C. The van der Waals surface area contributed by atoms with Gasteiger partial charge in [-0.2, -0.15) is 5.10 Å². The van der Waals surface area contributed by atoms with Gasteiger partial charge in [-0.25, -0.2) is 4.79 Å². The number of rotatable bonds is 4. The molecule has 1 aromatic carbocycles. The van der Waals surface area contributed by atoms with E-state index in [0.717, 1.165) is 23.2 Å². The molecule has 0 radical (unpaired) electrons. The predicted molar refractivity (Wildman–Crippen MR) is 95.4 cm³/mol. The number of carboxylic acid groups (broad SMARTS) is 1. The van der Waals surface area contributed by atoms with E-state index in [1.807, 2.05) is 26.0 Å². The predicted octanol–water partition coefficient (Wildman–Crippen LogP) is 2.58. The number of H-pyrrole nitrogens is 1. The molecule has 1 aliphatic rings. The first kappa shape index (κ1) is 17.9. The quantitative estimate of drug-likeness (QED) is 0.779. The van der Waals surface area contributed by atoms with Crippen LogP contribution in [0.1, 0.15) is 40.3 Å². The van der Waals surface area contributed by atoms with E-state index in [9.17, 15) is 9.59 Å². The highest BCUT2D eigenvalue weighted by Gasteiger charge is 2.25. The Labute approximate surface area is 151 Å². The van der Waals surface area contributed by atoms with E-state index in [4.69, 9.17) is 9.84 Å². The fourth-order valence-electron chi connectivity index (χ4n) is 3.00. The number of benzene rings is 1. The summed E-state index contributed by atoms with van der Waals surface area (Å²) in [4.78, 5) is 24.8. The molecule has 8 heteroatoms. The average molecular weight is 358 g/mol. The van der Waals surface area contributed by atoms with E-state index in [0.29, 0.717) is 31.1 Å². The van der Waals surface area contributed by atoms with Crippen LogP contribution in [-0.4, -0.2) is 51.9 Å². The van der Waals surface area contributed by atoms with E-state index in [1.165, 1.54) is 4.90 Å². The van der Waals surface area contributed by atoms with Gasteiger partial charge in [0, 0.05) is 23.5 Å². The lowest BCUT2D eigenvalue weighted by atomic mass is 10.1. The van der Waals surface area contributed by atoms with Crippen molar-refractivity contribution in [3.05, 3.63) is 46.8 Å². The molecule has 0 bridgehead atoms. The van der Waals surface area contributed by atoms with Crippen molar-refractivity contribution in [3.8, 4) is 0 Å². The van der Waals surface area contributed by atoms with Crippen molar-refractivity contribution in [2.75, 3.05) is 25.0 Å². The molecule has 26 heavy (non-hydrogen) atoms. The second-order valence-electron chi connectivity index (χ2n) is 6.19. The molecule has 1 unspecified atom stereocenters. The number of aromatic amines is 1. The van der Waals surface area contributed by atoms with Crippen LogP contribution in [0.3, 0.4) is 0 Å². The first-order valence-corrected chi connectivity index (χ1v) is 8.54. The number of anilines is 1. The van der Waals surface area contributed by atoms with Gasteiger partial charge in [-0.3, -0.25) is 9.89 Å². The van der Waals surface area contributed by atoms with Gasteiger partial charge in [0.25, 0.3) is 5.91 Å². The Bertz CT molecular complexity index is 800. The third kappa shape index (κ3) is 3.70. The Kier molecular flexibility index (Phi) is 5.22. The monoisotopic (exact) mass is 358 g/mol. The fourth-order valence-corrected chi connectivity index (χ4v) is 3.00. The summed E-state index contributed by atoms with van der Waals surface area (Å²) in [5, 5.41) is 18.9. The smallest absolute Gasteiger partial charge is 0.407 e. The number of morpholine rings is 1. The number of aryl methyl sites for hydroxylation is 1. The Morgan fingerprint density at radius 2 is 2.12 bits per heavy atom. The lowest BCUT2D eigenvalue weighted by Crippen LogP contribution is -2.41. The largest absolute Gasteiger partial charge is 0.465 e. The minimum absolute atomic E-state index is 0.267. The molecule has 138 valence electrons. The summed E-state index contributed by atoms with van der Waals surface area (Å²) < 4.78 is 5.66. The molecule has 2 aromatic rings. The third-order valence-corrected chi connectivity index (χ3v) is 4.56. The number of hydrogen-bond acceptors (Lipinski definition) is 4. The summed E-state index contributed by atoms with van der Waals surface area (Å²) in [6.07, 6.45) is -0.455. The first-order valence-electron chi connectivity index (χ1n) is 8.54. The maximum absolute atomic E-state index is 12.4. The number of hydrogen-bond donors (Lipinski definition) is 3. The highest BCUT2D eigenvalue weighted by Crippen LogP contribution is 2.24. The zero-order chi connectivity index (χ0) is 18.7. The van der Waals surface area contributed by atoms with E-state index >= 15 is 0 Å². The highest BCUT2D eigenvalue weighted by molar-refractivity contribution is 6.03. The van der Waals surface area contributed by atoms with E-state index < -0.39 is 6.09 Å². The maximum atomic E-state index is 12.4. The number of ether oxygens (including phenoxy) is 1. The summed E-state index contributed by atoms with van der Waals surface area (Å²) in [7, 11) is 0. The molecule has 2 amide bonds. The van der Waals surface area contributed by atoms with Crippen molar-refractivity contribution in [1.82, 2.24) is 15.1 Å². The van der Waals surface area contributed by atoms with Gasteiger partial charge in [0.05, 0.1) is 13.2 Å². The molecule has 2 heterocycles. The molecule has 0 spiro atoms. The molecule has 1 fully saturated rings. The molecule has 1 saturated heterocycles. The van der Waals surface area contributed by atoms with Gasteiger partial charge >= 0.3 is 6.09 Å². The molecule has 1 atom stereocenters. The van der Waals surface area contributed by atoms with Crippen molar-refractivity contribution < 1.29 is 19.4 Å². The van der Waals surface area contributed by atoms with Gasteiger partial charge in [0.2, 0.25) is 0 Å². The molecule has 0 aliphatic carbocycles. The third-order valence-electron chi connectivity index (χ3n) is 4.56. The van der Waals surface area contributed by atoms with E-state index in [-0.39, 0.29) is 12.0 Å². The van der Waals surface area contributed by atoms with Crippen LogP contribution in [0, 0.1) is 6.92 Å². The Morgan fingerprint density at radius 1 is 1.38 bits per heavy atom. The number of nitrogens with zero attached hydrogens (tertiary/aromatic N) is 2. The van der Waals surface area contributed by atoms with Gasteiger partial charge in [-0.05, 0) is 31.0 Å². The van der Waals surface area contributed by atoms with Gasteiger partial charge in [0.1, 0.15) is 6.10 Å². The summed E-state index contributed by atoms with van der Waals surface area (Å²) in [6.45, 7) is 4.92. The zero-order valence-corrected chi connectivity index (χ0v) is 14.8. The van der Waals surface area contributed by atoms with Crippen LogP contribution < -0.4 is 5.32 Å². The highest BCUT2D eigenvalue weighted by atomic mass is 16.5. The molecular formula is C18H22N4O4. The number of nitrogens with one attached hydrogen (secondary N) is 2. The van der Waals surface area contributed by atoms with Crippen LogP contribution in [0.2, 0.25) is 0 Å². The fraction of sp³-hybridized carbons (Fsp3) is 0.389. The average Bonchev–Trinajstić information content (AvgIpc) is 3.03. The van der Waals surface area contributed by atoms with Crippen LogP contribution in [0.25, 0.3) is 0 Å². The zero-order valence-electron chi connectivity index (χ0n) is 14.8. The second kappa shape index (κ2) is 7.57. The first-order chi connectivity index (χ1) is 12.5. The van der Waals surface area contributed by atoms with E-state index in [2.05, 4.69) is 15.5 Å². The van der Waals surface area contributed by atoms with Gasteiger partial charge in [-0.1, -0.05) is 19.1 Å². The van der Waals surface area contributed by atoms with Crippen molar-refractivity contribution in [2.24, 2.45) is 0 Å². The minimum atomic E-state index is -0.942. The second-order valence-corrected chi connectivity index (χ2v) is 6.19. The summed E-state index contributed by atoms with van der Waals surface area (Å²) in [5.74, 6) is -0.267. The van der Waals surface area contributed by atoms with Gasteiger partial charge in [-0.15, -0.1) is 0 Å².